The van der Waals surface area contributed by atoms with Gasteiger partial charge in [0.1, 0.15) is 5.69 Å². The van der Waals surface area contributed by atoms with E-state index in [1.165, 1.54) is 5.56 Å². The highest BCUT2D eigenvalue weighted by Gasteiger charge is 2.29. The number of hydrogen-bond donors (Lipinski definition) is 0. The molecule has 0 aliphatic heterocycles. The molecule has 1 aliphatic rings. The molecule has 0 radical (unpaired) electrons. The maximum Gasteiger partial charge on any atom is 0.190 e. The van der Waals surface area contributed by atoms with Crippen molar-refractivity contribution in [3.05, 3.63) is 59.2 Å². The highest BCUT2D eigenvalue weighted by atomic mass is 16.1. The summed E-state index contributed by atoms with van der Waals surface area (Å²) >= 11 is 0. The van der Waals surface area contributed by atoms with E-state index in [9.17, 15) is 4.79 Å². The van der Waals surface area contributed by atoms with E-state index in [2.05, 4.69) is 16.0 Å². The van der Waals surface area contributed by atoms with E-state index in [0.717, 1.165) is 30.5 Å². The van der Waals surface area contributed by atoms with Crippen molar-refractivity contribution in [2.45, 2.75) is 32.1 Å². The molecular weight excluding hydrogens is 236 g/mol. The van der Waals surface area contributed by atoms with Crippen LogP contribution in [-0.2, 0) is 6.42 Å². The number of aromatic nitrogens is 2. The van der Waals surface area contributed by atoms with Crippen LogP contribution in [0.5, 0.6) is 0 Å². The molecule has 0 amide bonds. The topological polar surface area (TPSA) is 42.9 Å². The van der Waals surface area contributed by atoms with Gasteiger partial charge in [0.05, 0.1) is 11.6 Å². The summed E-state index contributed by atoms with van der Waals surface area (Å²) in [5, 5.41) is 0. The summed E-state index contributed by atoms with van der Waals surface area (Å²) < 4.78 is 0. The number of rotatable bonds is 2. The quantitative estimate of drug-likeness (QED) is 0.771. The van der Waals surface area contributed by atoms with E-state index in [1.54, 1.807) is 12.4 Å². The minimum atomic E-state index is -0.126. The third-order valence-corrected chi connectivity index (χ3v) is 3.75. The molecule has 19 heavy (non-hydrogen) atoms. The molecule has 0 bridgehead atoms. The molecular formula is C16H16N2O. The predicted molar refractivity (Wildman–Crippen MR) is 73.2 cm³/mol. The van der Waals surface area contributed by atoms with Crippen LogP contribution in [0.4, 0.5) is 0 Å². The summed E-state index contributed by atoms with van der Waals surface area (Å²) in [6, 6.07) is 7.81. The van der Waals surface area contributed by atoms with Gasteiger partial charge >= 0.3 is 0 Å². The van der Waals surface area contributed by atoms with Crippen molar-refractivity contribution in [3.63, 3.8) is 0 Å². The molecule has 96 valence electrons. The van der Waals surface area contributed by atoms with Gasteiger partial charge < -0.3 is 0 Å². The molecule has 0 aromatic carbocycles. The summed E-state index contributed by atoms with van der Waals surface area (Å²) in [7, 11) is 0. The lowest BCUT2D eigenvalue weighted by Crippen LogP contribution is -2.21. The summed E-state index contributed by atoms with van der Waals surface area (Å²) in [5.74, 6) is -0.0173. The van der Waals surface area contributed by atoms with Gasteiger partial charge in [0.2, 0.25) is 0 Å². The van der Waals surface area contributed by atoms with Gasteiger partial charge in [0.25, 0.3) is 0 Å². The summed E-state index contributed by atoms with van der Waals surface area (Å²) in [6.45, 7) is 1.93. The first-order valence-corrected chi connectivity index (χ1v) is 6.67. The first-order valence-electron chi connectivity index (χ1n) is 6.67. The summed E-state index contributed by atoms with van der Waals surface area (Å²) in [6.07, 6.45) is 6.39. The molecule has 0 saturated carbocycles. The van der Waals surface area contributed by atoms with Gasteiger partial charge in [-0.3, -0.25) is 14.8 Å². The lowest BCUT2D eigenvalue weighted by molar-refractivity contribution is 0.0943. The molecule has 2 aromatic rings. The van der Waals surface area contributed by atoms with E-state index in [1.807, 2.05) is 25.1 Å². The smallest absolute Gasteiger partial charge is 0.190 e. The normalized spacial score (nSPS) is 17.8. The van der Waals surface area contributed by atoms with Gasteiger partial charge in [0, 0.05) is 12.4 Å². The van der Waals surface area contributed by atoms with Gasteiger partial charge in [-0.2, -0.15) is 0 Å². The maximum atomic E-state index is 12.7. The van der Waals surface area contributed by atoms with Crippen molar-refractivity contribution < 1.29 is 4.79 Å². The van der Waals surface area contributed by atoms with Crippen molar-refractivity contribution in [3.8, 4) is 0 Å². The zero-order chi connectivity index (χ0) is 13.2. The fourth-order valence-corrected chi connectivity index (χ4v) is 2.77. The second-order valence-electron chi connectivity index (χ2n) is 5.03. The number of aryl methyl sites for hydroxylation is 2. The zero-order valence-electron chi connectivity index (χ0n) is 11.0. The Morgan fingerprint density at radius 1 is 1.21 bits per heavy atom. The molecule has 0 saturated heterocycles. The monoisotopic (exact) mass is 252 g/mol. The molecule has 1 unspecified atom stereocenters. The van der Waals surface area contributed by atoms with Gasteiger partial charge in [-0.25, -0.2) is 0 Å². The first kappa shape index (κ1) is 12.0. The minimum Gasteiger partial charge on any atom is -0.292 e. The fourth-order valence-electron chi connectivity index (χ4n) is 2.77. The average Bonchev–Trinajstić information content (AvgIpc) is 2.46. The van der Waals surface area contributed by atoms with E-state index < -0.39 is 0 Å². The summed E-state index contributed by atoms with van der Waals surface area (Å²) in [4.78, 5) is 21.4. The maximum absolute atomic E-state index is 12.7. The Labute approximate surface area is 112 Å². The van der Waals surface area contributed by atoms with Gasteiger partial charge in [0.15, 0.2) is 5.78 Å². The van der Waals surface area contributed by atoms with E-state index >= 15 is 0 Å². The standard InChI is InChI=1S/C16H16N2O/c1-11-5-3-9-17-14(11)16(19)13-8-2-6-12-7-4-10-18-15(12)13/h3-5,7,9-10,13H,2,6,8H2,1H3. The SMILES string of the molecule is Cc1cccnc1C(=O)C1CCCc2cccnc21. The van der Waals surface area contributed by atoms with Crippen LogP contribution >= 0.6 is 0 Å². The third-order valence-electron chi connectivity index (χ3n) is 3.75. The molecule has 1 aliphatic carbocycles. The van der Waals surface area contributed by atoms with E-state index in [-0.39, 0.29) is 11.7 Å². The summed E-state index contributed by atoms with van der Waals surface area (Å²) in [5.41, 5.74) is 3.69. The molecule has 0 spiro atoms. The molecule has 3 nitrogen and oxygen atoms in total. The second-order valence-corrected chi connectivity index (χ2v) is 5.03. The van der Waals surface area contributed by atoms with Crippen LogP contribution in [0, 0.1) is 6.92 Å². The largest absolute Gasteiger partial charge is 0.292 e. The first-order chi connectivity index (χ1) is 9.27. The molecule has 0 fully saturated rings. The Bertz CT molecular complexity index is 622. The Kier molecular flexibility index (Phi) is 3.11. The molecule has 2 aromatic heterocycles. The predicted octanol–water partition coefficient (Wildman–Crippen LogP) is 3.09. The molecule has 1 atom stereocenters. The Morgan fingerprint density at radius 2 is 2.00 bits per heavy atom. The number of fused-ring (bicyclic) bond motifs is 1. The average molecular weight is 252 g/mol. The molecule has 2 heterocycles. The number of carbonyl (C=O) groups excluding carboxylic acids is 1. The van der Waals surface area contributed by atoms with Crippen LogP contribution in [0.25, 0.3) is 0 Å². The number of hydrogen-bond acceptors (Lipinski definition) is 3. The molecule has 0 N–H and O–H groups in total. The zero-order valence-corrected chi connectivity index (χ0v) is 11.0. The number of carbonyl (C=O) groups is 1. The van der Waals surface area contributed by atoms with Crippen molar-refractivity contribution in [2.75, 3.05) is 0 Å². The Balaban J connectivity index is 2.00. The Morgan fingerprint density at radius 3 is 2.84 bits per heavy atom. The highest BCUT2D eigenvalue weighted by Crippen LogP contribution is 2.32. The van der Waals surface area contributed by atoms with Crippen LogP contribution in [-0.4, -0.2) is 15.8 Å². The van der Waals surface area contributed by atoms with Gasteiger partial charge in [-0.15, -0.1) is 0 Å². The van der Waals surface area contributed by atoms with Crippen molar-refractivity contribution in [1.29, 1.82) is 0 Å². The fraction of sp³-hybridized carbons (Fsp3) is 0.312. The van der Waals surface area contributed by atoms with Gasteiger partial charge in [-0.1, -0.05) is 12.1 Å². The van der Waals surface area contributed by atoms with Crippen molar-refractivity contribution in [1.82, 2.24) is 9.97 Å². The Hall–Kier alpha value is -2.03. The van der Waals surface area contributed by atoms with Crippen molar-refractivity contribution in [2.24, 2.45) is 0 Å². The number of Topliss-reactive ketones (excluding diaryl/α,β-unsaturated/α-hetero) is 1. The van der Waals surface area contributed by atoms with Crippen LogP contribution in [0.3, 0.4) is 0 Å². The van der Waals surface area contributed by atoms with Gasteiger partial charge in [-0.05, 0) is 49.4 Å². The lowest BCUT2D eigenvalue weighted by Gasteiger charge is -2.23. The van der Waals surface area contributed by atoms with Crippen LogP contribution in [0.15, 0.2) is 36.7 Å². The molecule has 3 heteroatoms. The lowest BCUT2D eigenvalue weighted by atomic mass is 9.82. The van der Waals surface area contributed by atoms with Crippen molar-refractivity contribution >= 4 is 5.78 Å². The van der Waals surface area contributed by atoms with Crippen LogP contribution in [0.1, 0.15) is 46.1 Å². The minimum absolute atomic E-state index is 0.109. The number of ketones is 1. The second kappa shape index (κ2) is 4.92. The molecule has 3 rings (SSSR count). The van der Waals surface area contributed by atoms with Crippen LogP contribution in [0.2, 0.25) is 0 Å². The number of nitrogens with zero attached hydrogens (tertiary/aromatic N) is 2. The number of pyridine rings is 2. The van der Waals surface area contributed by atoms with E-state index in [4.69, 9.17) is 0 Å². The highest BCUT2D eigenvalue weighted by molar-refractivity contribution is 6.00. The van der Waals surface area contributed by atoms with E-state index in [0.29, 0.717) is 5.69 Å². The van der Waals surface area contributed by atoms with Crippen LogP contribution < -0.4 is 0 Å². The third kappa shape index (κ3) is 2.16.